The summed E-state index contributed by atoms with van der Waals surface area (Å²) >= 11 is 0. The minimum Gasteiger partial charge on any atom is -0.507 e. The van der Waals surface area contributed by atoms with E-state index in [4.69, 9.17) is 4.98 Å². The first-order chi connectivity index (χ1) is 26.2. The molecule has 3 heteroatoms. The number of hydrogen-bond donors (Lipinski definition) is 2. The van der Waals surface area contributed by atoms with Crippen LogP contribution in [-0.2, 0) is 10.8 Å². The fraction of sp³-hybridized carbons (Fsp3) is 0.431. The molecule has 0 saturated heterocycles. The summed E-state index contributed by atoms with van der Waals surface area (Å²) in [5, 5.41) is 24.6. The molecule has 8 aliphatic carbocycles. The molecular formula is C51H53NO2. The Balaban J connectivity index is 0.990. The molecule has 274 valence electrons. The lowest BCUT2D eigenvalue weighted by Crippen LogP contribution is -2.48. The van der Waals surface area contributed by atoms with Gasteiger partial charge in [0.1, 0.15) is 11.5 Å². The van der Waals surface area contributed by atoms with Crippen molar-refractivity contribution in [2.24, 2.45) is 35.5 Å². The normalized spacial score (nSPS) is 31.7. The molecule has 54 heavy (non-hydrogen) atoms. The number of rotatable bonds is 6. The SMILES string of the molecule is Cc1cc(-c2ccccc2-c2cccc(-c3ccccc3-c3cc(C)cc(C45CC6CC(CC(C6)C4)C5)c3O)n2)c(O)c(C23CC4CC(CC(C4)C2)C3)c1. The smallest absolute Gasteiger partial charge is 0.127 e. The molecule has 8 aliphatic rings. The summed E-state index contributed by atoms with van der Waals surface area (Å²) in [6, 6.07) is 32.3. The van der Waals surface area contributed by atoms with E-state index in [1.807, 2.05) is 0 Å². The second kappa shape index (κ2) is 12.1. The van der Waals surface area contributed by atoms with Crippen LogP contribution in [0.15, 0.2) is 91.0 Å². The average Bonchev–Trinajstić information content (AvgIpc) is 3.15. The summed E-state index contributed by atoms with van der Waals surface area (Å²) in [4.78, 5) is 5.38. The molecule has 1 heterocycles. The Bertz CT molecular complexity index is 2090. The van der Waals surface area contributed by atoms with Gasteiger partial charge in [0.15, 0.2) is 0 Å². The van der Waals surface area contributed by atoms with E-state index in [-0.39, 0.29) is 10.8 Å². The van der Waals surface area contributed by atoms with E-state index in [0.29, 0.717) is 11.5 Å². The van der Waals surface area contributed by atoms with Crippen molar-refractivity contribution in [1.29, 1.82) is 0 Å². The molecule has 8 fully saturated rings. The third kappa shape index (κ3) is 5.16. The zero-order valence-corrected chi connectivity index (χ0v) is 32.0. The van der Waals surface area contributed by atoms with Gasteiger partial charge in [-0.3, -0.25) is 0 Å². The van der Waals surface area contributed by atoms with Gasteiger partial charge in [-0.25, -0.2) is 4.98 Å². The minimum atomic E-state index is 0.104. The molecule has 1 aromatic heterocycles. The second-order valence-corrected chi connectivity index (χ2v) is 19.3. The van der Waals surface area contributed by atoms with Gasteiger partial charge in [-0.1, -0.05) is 66.7 Å². The van der Waals surface area contributed by atoms with E-state index < -0.39 is 0 Å². The Hall–Kier alpha value is -4.37. The van der Waals surface area contributed by atoms with Crippen LogP contribution in [-0.4, -0.2) is 15.2 Å². The van der Waals surface area contributed by atoms with Crippen LogP contribution in [0.1, 0.15) is 99.3 Å². The van der Waals surface area contributed by atoms with Crippen LogP contribution >= 0.6 is 0 Å². The van der Waals surface area contributed by atoms with Crippen molar-refractivity contribution in [1.82, 2.24) is 4.98 Å². The van der Waals surface area contributed by atoms with Gasteiger partial charge >= 0.3 is 0 Å². The zero-order chi connectivity index (χ0) is 36.3. The van der Waals surface area contributed by atoms with Gasteiger partial charge in [0.25, 0.3) is 0 Å². The standard InChI is InChI=1S/C51H53NO2/c1-30-14-42(48(53)44(16-30)50-24-32-18-33(25-50)20-34(19-32)26-50)38-8-3-5-10-40(38)46-12-7-13-47(52-46)41-11-6-4-9-39(41)43-15-31(2)17-45(49(43)54)51-27-35-21-36(28-51)23-37(22-35)29-51/h3-17,32-37,53-54H,18-29H2,1-2H3. The summed E-state index contributed by atoms with van der Waals surface area (Å²) < 4.78 is 0. The van der Waals surface area contributed by atoms with E-state index in [1.54, 1.807) is 0 Å². The Kier molecular flexibility index (Phi) is 7.37. The number of hydrogen-bond acceptors (Lipinski definition) is 3. The van der Waals surface area contributed by atoms with Crippen molar-refractivity contribution in [3.8, 4) is 56.3 Å². The fourth-order valence-corrected chi connectivity index (χ4v) is 14.3. The fourth-order valence-electron chi connectivity index (χ4n) is 14.3. The highest BCUT2D eigenvalue weighted by atomic mass is 16.3. The van der Waals surface area contributed by atoms with E-state index in [9.17, 15) is 10.2 Å². The van der Waals surface area contributed by atoms with Gasteiger partial charge in [0.05, 0.1) is 11.4 Å². The van der Waals surface area contributed by atoms with Crippen molar-refractivity contribution >= 4 is 0 Å². The lowest BCUT2D eigenvalue weighted by atomic mass is 9.48. The number of aryl methyl sites for hydroxylation is 2. The van der Waals surface area contributed by atoms with Gasteiger partial charge in [0, 0.05) is 33.4 Å². The maximum Gasteiger partial charge on any atom is 0.127 e. The van der Waals surface area contributed by atoms with Crippen molar-refractivity contribution < 1.29 is 10.2 Å². The maximum atomic E-state index is 12.3. The van der Waals surface area contributed by atoms with Crippen LogP contribution in [0.4, 0.5) is 0 Å². The first-order valence-corrected chi connectivity index (χ1v) is 21.1. The third-order valence-electron chi connectivity index (χ3n) is 15.5. The number of phenolic OH excluding ortho intramolecular Hbond substituents is 2. The highest BCUT2D eigenvalue weighted by Crippen LogP contribution is 2.64. The summed E-state index contributed by atoms with van der Waals surface area (Å²) in [6.45, 7) is 4.39. The van der Waals surface area contributed by atoms with Crippen molar-refractivity contribution in [3.05, 3.63) is 113 Å². The lowest BCUT2D eigenvalue weighted by Gasteiger charge is -2.57. The number of nitrogens with zero attached hydrogens (tertiary/aromatic N) is 1. The molecule has 0 amide bonds. The third-order valence-corrected chi connectivity index (χ3v) is 15.5. The molecule has 4 aromatic carbocycles. The van der Waals surface area contributed by atoms with Crippen LogP contribution in [0, 0.1) is 49.4 Å². The van der Waals surface area contributed by atoms with Gasteiger partial charge in [-0.2, -0.15) is 0 Å². The summed E-state index contributed by atoms with van der Waals surface area (Å²) in [7, 11) is 0. The molecule has 0 unspecified atom stereocenters. The topological polar surface area (TPSA) is 53.4 Å². The predicted octanol–water partition coefficient (Wildman–Crippen LogP) is 12.7. The Labute approximate surface area is 320 Å². The van der Waals surface area contributed by atoms with E-state index >= 15 is 0 Å². The molecule has 8 saturated carbocycles. The predicted molar refractivity (Wildman–Crippen MR) is 218 cm³/mol. The molecule has 3 nitrogen and oxygen atoms in total. The van der Waals surface area contributed by atoms with Crippen LogP contribution < -0.4 is 0 Å². The number of phenols is 2. The molecule has 13 rings (SSSR count). The number of aromatic nitrogens is 1. The number of pyridine rings is 1. The zero-order valence-electron chi connectivity index (χ0n) is 32.0. The van der Waals surface area contributed by atoms with Crippen LogP contribution in [0.3, 0.4) is 0 Å². The molecule has 0 atom stereocenters. The Morgan fingerprint density at radius 1 is 0.426 bits per heavy atom. The molecule has 8 bridgehead atoms. The lowest BCUT2D eigenvalue weighted by molar-refractivity contribution is -0.00627. The molecule has 0 radical (unpaired) electrons. The van der Waals surface area contributed by atoms with Crippen LogP contribution in [0.2, 0.25) is 0 Å². The molecule has 0 spiro atoms. The monoisotopic (exact) mass is 711 g/mol. The van der Waals surface area contributed by atoms with Crippen molar-refractivity contribution in [3.63, 3.8) is 0 Å². The molecule has 2 N–H and O–H groups in total. The maximum absolute atomic E-state index is 12.3. The van der Waals surface area contributed by atoms with E-state index in [2.05, 4.69) is 105 Å². The molecule has 5 aromatic rings. The summed E-state index contributed by atoms with van der Waals surface area (Å²) in [5.41, 5.74) is 12.7. The van der Waals surface area contributed by atoms with Gasteiger partial charge in [-0.05, 0) is 184 Å². The highest BCUT2D eigenvalue weighted by molar-refractivity contribution is 5.89. The quantitative estimate of drug-likeness (QED) is 0.184. The largest absolute Gasteiger partial charge is 0.507 e. The van der Waals surface area contributed by atoms with E-state index in [1.165, 1.54) is 99.3 Å². The van der Waals surface area contributed by atoms with Crippen LogP contribution in [0.25, 0.3) is 44.8 Å². The Morgan fingerprint density at radius 2 is 0.759 bits per heavy atom. The first-order valence-electron chi connectivity index (χ1n) is 21.1. The van der Waals surface area contributed by atoms with Crippen LogP contribution in [0.5, 0.6) is 11.5 Å². The Morgan fingerprint density at radius 3 is 1.11 bits per heavy atom. The number of benzene rings is 4. The molecule has 0 aliphatic heterocycles. The molecular weight excluding hydrogens is 659 g/mol. The van der Waals surface area contributed by atoms with Crippen molar-refractivity contribution in [2.45, 2.75) is 102 Å². The minimum absolute atomic E-state index is 0.104. The summed E-state index contributed by atoms with van der Waals surface area (Å²) in [6.07, 6.45) is 15.7. The van der Waals surface area contributed by atoms with Crippen molar-refractivity contribution in [2.75, 3.05) is 0 Å². The van der Waals surface area contributed by atoms with E-state index in [0.717, 1.165) is 80.3 Å². The second-order valence-electron chi connectivity index (χ2n) is 19.3. The average molecular weight is 712 g/mol. The van der Waals surface area contributed by atoms with Gasteiger partial charge < -0.3 is 10.2 Å². The van der Waals surface area contributed by atoms with Gasteiger partial charge in [-0.15, -0.1) is 0 Å². The van der Waals surface area contributed by atoms with Gasteiger partial charge in [0.2, 0.25) is 0 Å². The highest BCUT2D eigenvalue weighted by Gasteiger charge is 2.54. The number of aromatic hydroxyl groups is 2. The first kappa shape index (κ1) is 33.0. The summed E-state index contributed by atoms with van der Waals surface area (Å²) in [5.74, 6) is 5.82.